The van der Waals surface area contributed by atoms with Crippen LogP contribution in [0.1, 0.15) is 17.2 Å². The second-order valence-corrected chi connectivity index (χ2v) is 6.79. The molecule has 3 aromatic carbocycles. The van der Waals surface area contributed by atoms with Crippen LogP contribution in [0.4, 0.5) is 0 Å². The van der Waals surface area contributed by atoms with Crippen molar-refractivity contribution >= 4 is 23.4 Å². The molecule has 1 atom stereocenters. The molecule has 1 heterocycles. The maximum absolute atomic E-state index is 11.0. The average Bonchev–Trinajstić information content (AvgIpc) is 3.28. The molecular weight excluding hydrogens is 386 g/mol. The maximum atomic E-state index is 11.0. The molecule has 0 fully saturated rings. The molecule has 6 heteroatoms. The van der Waals surface area contributed by atoms with E-state index in [1.807, 2.05) is 60.7 Å². The van der Waals surface area contributed by atoms with Crippen LogP contribution in [0.5, 0.6) is 11.5 Å². The maximum Gasteiger partial charge on any atom is 0.138 e. The Bertz CT molecular complexity index is 1090. The SMILES string of the molecule is OC(/C(=C\c1cccc(Oc2ccccc2)c1)n1cncn1)c1ccc(Cl)cc1. The van der Waals surface area contributed by atoms with Crippen molar-refractivity contribution in [1.82, 2.24) is 14.8 Å². The molecule has 0 aliphatic heterocycles. The van der Waals surface area contributed by atoms with Gasteiger partial charge in [0, 0.05) is 5.02 Å². The fourth-order valence-corrected chi connectivity index (χ4v) is 3.02. The Morgan fingerprint density at radius 2 is 1.72 bits per heavy atom. The first-order chi connectivity index (χ1) is 14.2. The lowest BCUT2D eigenvalue weighted by Crippen LogP contribution is -2.08. The number of para-hydroxylation sites is 1. The van der Waals surface area contributed by atoms with Crippen LogP contribution in [0.2, 0.25) is 5.02 Å². The van der Waals surface area contributed by atoms with Gasteiger partial charge in [0.15, 0.2) is 0 Å². The first-order valence-corrected chi connectivity index (χ1v) is 9.40. The number of rotatable bonds is 6. The topological polar surface area (TPSA) is 60.2 Å². The Labute approximate surface area is 173 Å². The lowest BCUT2D eigenvalue weighted by molar-refractivity contribution is 0.231. The Balaban J connectivity index is 1.68. The summed E-state index contributed by atoms with van der Waals surface area (Å²) >= 11 is 5.97. The number of benzene rings is 3. The molecule has 0 radical (unpaired) electrons. The van der Waals surface area contributed by atoms with Gasteiger partial charge >= 0.3 is 0 Å². The van der Waals surface area contributed by atoms with Gasteiger partial charge in [0.05, 0.1) is 5.70 Å². The van der Waals surface area contributed by atoms with Crippen molar-refractivity contribution in [2.75, 3.05) is 0 Å². The van der Waals surface area contributed by atoms with E-state index < -0.39 is 6.10 Å². The molecule has 1 N–H and O–H groups in total. The minimum atomic E-state index is -0.910. The van der Waals surface area contributed by atoms with Crippen molar-refractivity contribution in [2.45, 2.75) is 6.10 Å². The molecule has 4 rings (SSSR count). The molecule has 5 nitrogen and oxygen atoms in total. The molecule has 0 amide bonds. The van der Waals surface area contributed by atoms with E-state index in [4.69, 9.17) is 16.3 Å². The smallest absolute Gasteiger partial charge is 0.138 e. The third-order valence-corrected chi connectivity index (χ3v) is 4.55. The first kappa shape index (κ1) is 18.9. The Hall–Kier alpha value is -3.41. The van der Waals surface area contributed by atoms with E-state index in [9.17, 15) is 5.11 Å². The molecule has 0 aliphatic rings. The van der Waals surface area contributed by atoms with Crippen LogP contribution >= 0.6 is 11.6 Å². The second-order valence-electron chi connectivity index (χ2n) is 6.35. The molecule has 0 saturated heterocycles. The highest BCUT2D eigenvalue weighted by atomic mass is 35.5. The third-order valence-electron chi connectivity index (χ3n) is 4.30. The van der Waals surface area contributed by atoms with Crippen LogP contribution in [0, 0.1) is 0 Å². The van der Waals surface area contributed by atoms with Gasteiger partial charge in [0.1, 0.15) is 30.3 Å². The van der Waals surface area contributed by atoms with E-state index in [1.165, 1.54) is 6.33 Å². The van der Waals surface area contributed by atoms with Crippen molar-refractivity contribution < 1.29 is 9.84 Å². The van der Waals surface area contributed by atoms with Gasteiger partial charge in [-0.3, -0.25) is 0 Å². The molecule has 0 saturated carbocycles. The van der Waals surface area contributed by atoms with Gasteiger partial charge in [-0.15, -0.1) is 0 Å². The van der Waals surface area contributed by atoms with Gasteiger partial charge in [0.25, 0.3) is 0 Å². The number of nitrogens with zero attached hydrogens (tertiary/aromatic N) is 3. The Morgan fingerprint density at radius 1 is 0.966 bits per heavy atom. The van der Waals surface area contributed by atoms with E-state index in [2.05, 4.69) is 10.1 Å². The summed E-state index contributed by atoms with van der Waals surface area (Å²) in [4.78, 5) is 4.00. The zero-order valence-corrected chi connectivity index (χ0v) is 16.1. The monoisotopic (exact) mass is 403 g/mol. The highest BCUT2D eigenvalue weighted by Crippen LogP contribution is 2.29. The van der Waals surface area contributed by atoms with Gasteiger partial charge in [-0.2, -0.15) is 5.10 Å². The zero-order chi connectivity index (χ0) is 20.1. The Kier molecular flexibility index (Phi) is 5.70. The van der Waals surface area contributed by atoms with Crippen molar-refractivity contribution in [3.8, 4) is 11.5 Å². The largest absolute Gasteiger partial charge is 0.457 e. The fraction of sp³-hybridized carbons (Fsp3) is 0.0435. The van der Waals surface area contributed by atoms with E-state index in [1.54, 1.807) is 35.3 Å². The molecule has 1 aromatic heterocycles. The second kappa shape index (κ2) is 8.73. The third kappa shape index (κ3) is 4.71. The minimum Gasteiger partial charge on any atom is -0.457 e. The summed E-state index contributed by atoms with van der Waals surface area (Å²) in [5.41, 5.74) is 2.12. The Morgan fingerprint density at radius 3 is 2.45 bits per heavy atom. The van der Waals surface area contributed by atoms with Crippen molar-refractivity contribution in [2.24, 2.45) is 0 Å². The number of aromatic nitrogens is 3. The number of aliphatic hydroxyl groups is 1. The molecule has 29 heavy (non-hydrogen) atoms. The van der Waals surface area contributed by atoms with Crippen LogP contribution in [-0.4, -0.2) is 19.9 Å². The molecular formula is C23H18ClN3O2. The van der Waals surface area contributed by atoms with E-state index >= 15 is 0 Å². The minimum absolute atomic E-state index is 0.557. The standard InChI is InChI=1S/C23H18ClN3O2/c24-19-11-9-18(10-12-19)23(28)22(27-16-25-15-26-27)14-17-5-4-8-21(13-17)29-20-6-2-1-3-7-20/h1-16,23,28H/b22-14+. The highest BCUT2D eigenvalue weighted by Gasteiger charge is 2.16. The van der Waals surface area contributed by atoms with Crippen LogP contribution < -0.4 is 4.74 Å². The van der Waals surface area contributed by atoms with Gasteiger partial charge < -0.3 is 9.84 Å². The van der Waals surface area contributed by atoms with Crippen LogP contribution in [0.15, 0.2) is 91.5 Å². The molecule has 144 valence electrons. The van der Waals surface area contributed by atoms with Crippen molar-refractivity contribution in [3.63, 3.8) is 0 Å². The summed E-state index contributed by atoms with van der Waals surface area (Å²) in [5, 5.41) is 15.8. The lowest BCUT2D eigenvalue weighted by atomic mass is 10.0. The molecule has 4 aromatic rings. The first-order valence-electron chi connectivity index (χ1n) is 9.02. The zero-order valence-electron chi connectivity index (χ0n) is 15.4. The summed E-state index contributed by atoms with van der Waals surface area (Å²) in [5.74, 6) is 1.45. The quantitative estimate of drug-likeness (QED) is 0.464. The van der Waals surface area contributed by atoms with E-state index in [-0.39, 0.29) is 0 Å². The van der Waals surface area contributed by atoms with Crippen LogP contribution in [0.25, 0.3) is 11.8 Å². The summed E-state index contributed by atoms with van der Waals surface area (Å²) in [7, 11) is 0. The number of ether oxygens (including phenoxy) is 1. The molecule has 0 aliphatic carbocycles. The van der Waals surface area contributed by atoms with Crippen molar-refractivity contribution in [3.05, 3.63) is 108 Å². The van der Waals surface area contributed by atoms with Crippen LogP contribution in [0.3, 0.4) is 0 Å². The lowest BCUT2D eigenvalue weighted by Gasteiger charge is -2.16. The number of halogens is 1. The number of hydrogen-bond acceptors (Lipinski definition) is 4. The summed E-state index contributed by atoms with van der Waals surface area (Å²) in [6.45, 7) is 0. The molecule has 0 spiro atoms. The summed E-state index contributed by atoms with van der Waals surface area (Å²) in [6, 6.07) is 24.2. The average molecular weight is 404 g/mol. The van der Waals surface area contributed by atoms with E-state index in [0.29, 0.717) is 22.0 Å². The molecule has 0 bridgehead atoms. The molecule has 1 unspecified atom stereocenters. The summed E-state index contributed by atoms with van der Waals surface area (Å²) in [6.07, 6.45) is 3.92. The van der Waals surface area contributed by atoms with Crippen molar-refractivity contribution in [1.29, 1.82) is 0 Å². The number of hydrogen-bond donors (Lipinski definition) is 1. The predicted octanol–water partition coefficient (Wildman–Crippen LogP) is 5.46. The fourth-order valence-electron chi connectivity index (χ4n) is 2.89. The highest BCUT2D eigenvalue weighted by molar-refractivity contribution is 6.30. The summed E-state index contributed by atoms with van der Waals surface area (Å²) < 4.78 is 7.45. The normalized spacial score (nSPS) is 12.6. The van der Waals surface area contributed by atoms with Gasteiger partial charge in [-0.1, -0.05) is 54.1 Å². The van der Waals surface area contributed by atoms with Gasteiger partial charge in [-0.25, -0.2) is 9.67 Å². The number of aliphatic hydroxyl groups excluding tert-OH is 1. The van der Waals surface area contributed by atoms with E-state index in [0.717, 1.165) is 11.3 Å². The van der Waals surface area contributed by atoms with Crippen LogP contribution in [-0.2, 0) is 0 Å². The van der Waals surface area contributed by atoms with Gasteiger partial charge in [0.2, 0.25) is 0 Å². The predicted molar refractivity (Wildman–Crippen MR) is 114 cm³/mol. The van der Waals surface area contributed by atoms with Gasteiger partial charge in [-0.05, 0) is 53.6 Å².